The van der Waals surface area contributed by atoms with Crippen LogP contribution in [0.1, 0.15) is 258 Å². The molecule has 0 bridgehead atoms. The fraction of sp³-hybridized carbons (Fsp3) is 0.689. The number of hydrogen-bond acceptors (Lipinski definition) is 3. The highest BCUT2D eigenvalue weighted by atomic mass is 127. The van der Waals surface area contributed by atoms with Gasteiger partial charge in [-0.25, -0.2) is 0 Å². The molecule has 67 heavy (non-hydrogen) atoms. The van der Waals surface area contributed by atoms with Gasteiger partial charge in [-0.1, -0.05) is 250 Å². The molecule has 5 nitrogen and oxygen atoms in total. The van der Waals surface area contributed by atoms with Gasteiger partial charge in [0, 0.05) is 59.6 Å². The zero-order chi connectivity index (χ0) is 47.3. The molecule has 0 saturated carbocycles. The maximum atomic E-state index is 11.8. The van der Waals surface area contributed by atoms with Crippen LogP contribution in [0, 0.1) is 10.1 Å². The number of anilines is 1. The molecule has 4 rings (SSSR count). The van der Waals surface area contributed by atoms with Gasteiger partial charge >= 0.3 is 0 Å². The Bertz CT molecular complexity index is 1800. The number of non-ortho nitro benzene ring substituents is 1. The molecule has 0 unspecified atom stereocenters. The van der Waals surface area contributed by atoms with E-state index >= 15 is 0 Å². The molecule has 0 saturated heterocycles. The number of fused-ring (bicyclic) bond motifs is 2. The zero-order valence-electron chi connectivity index (χ0n) is 44.0. The number of nitro groups is 1. The van der Waals surface area contributed by atoms with Gasteiger partial charge in [0.05, 0.1) is 10.3 Å². The van der Waals surface area contributed by atoms with Crippen molar-refractivity contribution in [1.82, 2.24) is 0 Å². The van der Waals surface area contributed by atoms with E-state index < -0.39 is 0 Å². The van der Waals surface area contributed by atoms with E-state index in [1.807, 2.05) is 12.1 Å². The second-order valence-electron chi connectivity index (χ2n) is 21.3. The lowest BCUT2D eigenvalue weighted by Gasteiger charge is -2.27. The Kier molecular flexibility index (Phi) is 29.5. The molecule has 0 amide bonds. The molecule has 6 heteroatoms. The number of unbranched alkanes of at least 4 members (excludes halogenated alkanes) is 30. The van der Waals surface area contributed by atoms with Gasteiger partial charge in [0.2, 0.25) is 5.69 Å². The first kappa shape index (κ1) is 58.6. The molecule has 0 aliphatic carbocycles. The van der Waals surface area contributed by atoms with Crippen molar-refractivity contribution in [2.24, 2.45) is 0 Å². The summed E-state index contributed by atoms with van der Waals surface area (Å²) in [5.41, 5.74) is 7.29. The summed E-state index contributed by atoms with van der Waals surface area (Å²) < 4.78 is 2.59. The van der Waals surface area contributed by atoms with E-state index in [0.29, 0.717) is 0 Å². The summed E-state index contributed by atoms with van der Waals surface area (Å²) >= 11 is 0. The molecule has 2 aromatic carbocycles. The van der Waals surface area contributed by atoms with Gasteiger partial charge in [0.25, 0.3) is 5.69 Å². The van der Waals surface area contributed by atoms with E-state index in [1.165, 1.54) is 222 Å². The van der Waals surface area contributed by atoms with Gasteiger partial charge in [0.15, 0.2) is 5.71 Å². The third kappa shape index (κ3) is 19.9. The second kappa shape index (κ2) is 33.7. The first-order chi connectivity index (χ1) is 32.1. The van der Waals surface area contributed by atoms with Crippen LogP contribution >= 0.6 is 0 Å². The van der Waals surface area contributed by atoms with Crippen LogP contribution in [0.4, 0.5) is 17.1 Å². The van der Waals surface area contributed by atoms with Crippen molar-refractivity contribution < 1.29 is 33.5 Å². The normalized spacial score (nSPS) is 15.6. The van der Waals surface area contributed by atoms with Gasteiger partial charge in [-0.05, 0) is 44.4 Å². The van der Waals surface area contributed by atoms with Gasteiger partial charge in [-0.2, -0.15) is 4.58 Å². The fourth-order valence-corrected chi connectivity index (χ4v) is 10.9. The minimum absolute atomic E-state index is 0. The van der Waals surface area contributed by atoms with Crippen molar-refractivity contribution in [1.29, 1.82) is 0 Å². The minimum Gasteiger partial charge on any atom is -1.00 e. The average molecular weight is 1030 g/mol. The third-order valence-corrected chi connectivity index (χ3v) is 15.1. The standard InChI is InChI=1S/C61H98N3O2.HI/c1-7-9-11-13-15-17-19-21-22-23-24-25-26-27-28-30-32-33-35-42-50-62-56-45-41-40-44-54(56)60(3,4)58(62)46-38-37-39-47-59-61(5,6)55-52-53(64(65)66)48-49-57(55)63(59)51-43-36-34-31-29-20-18-16-14-12-10-8-2;/h37-41,44-49,52H,7-36,42-43,50-51H2,1-6H3;1H/q+1;/p-1. The van der Waals surface area contributed by atoms with Crippen LogP contribution in [-0.4, -0.2) is 28.3 Å². The van der Waals surface area contributed by atoms with Crippen molar-refractivity contribution in [3.63, 3.8) is 0 Å². The van der Waals surface area contributed by atoms with Gasteiger partial charge < -0.3 is 28.9 Å². The monoisotopic (exact) mass is 1030 g/mol. The Morgan fingerprint density at radius 2 is 0.985 bits per heavy atom. The molecule has 2 heterocycles. The number of rotatable bonds is 38. The molecule has 376 valence electrons. The Hall–Kier alpha value is -2.74. The molecule has 0 N–H and O–H groups in total. The SMILES string of the molecule is CCCCCCCCCCCCCCCCCCCCCC[N+]1=C(/C=C/C=C/C=C2/N(CCCCCCCCCCCCCC)c3ccc([N+](=O)[O-])cc3C2(C)C)C(C)(C)c2ccccc21.[I-]. The summed E-state index contributed by atoms with van der Waals surface area (Å²) in [5, 5.41) is 11.8. The molecule has 0 spiro atoms. The summed E-state index contributed by atoms with van der Waals surface area (Å²) in [5.74, 6) is 0. The van der Waals surface area contributed by atoms with Crippen molar-refractivity contribution in [3.8, 4) is 0 Å². The summed E-state index contributed by atoms with van der Waals surface area (Å²) in [4.78, 5) is 14.0. The summed E-state index contributed by atoms with van der Waals surface area (Å²) in [6.07, 6.45) is 55.2. The molecule has 2 aliphatic heterocycles. The van der Waals surface area contributed by atoms with Crippen molar-refractivity contribution in [2.45, 2.75) is 258 Å². The Morgan fingerprint density at radius 1 is 0.537 bits per heavy atom. The quantitative estimate of drug-likeness (QED) is 0.0168. The zero-order valence-corrected chi connectivity index (χ0v) is 46.2. The smallest absolute Gasteiger partial charge is 0.269 e. The van der Waals surface area contributed by atoms with Gasteiger partial charge in [0.1, 0.15) is 6.54 Å². The molecule has 0 radical (unpaired) electrons. The molecule has 0 aromatic heterocycles. The van der Waals surface area contributed by atoms with Crippen LogP contribution in [0.25, 0.3) is 0 Å². The lowest BCUT2D eigenvalue weighted by atomic mass is 9.81. The number of hydrogen-bond donors (Lipinski definition) is 0. The highest BCUT2D eigenvalue weighted by Gasteiger charge is 2.44. The maximum Gasteiger partial charge on any atom is 0.269 e. The third-order valence-electron chi connectivity index (χ3n) is 15.1. The number of halogens is 1. The van der Waals surface area contributed by atoms with E-state index in [1.54, 1.807) is 6.07 Å². The Morgan fingerprint density at radius 3 is 1.46 bits per heavy atom. The molecule has 0 atom stereocenters. The number of nitrogens with zero attached hydrogens (tertiary/aromatic N) is 3. The maximum absolute atomic E-state index is 11.8. The predicted octanol–water partition coefficient (Wildman–Crippen LogP) is 16.3. The van der Waals surface area contributed by atoms with Crippen LogP contribution < -0.4 is 28.9 Å². The lowest BCUT2D eigenvalue weighted by molar-refractivity contribution is -0.438. The summed E-state index contributed by atoms with van der Waals surface area (Å²) in [6.45, 7) is 15.8. The molecule has 2 aliphatic rings. The van der Waals surface area contributed by atoms with Gasteiger partial charge in [-0.3, -0.25) is 10.1 Å². The van der Waals surface area contributed by atoms with Gasteiger partial charge in [-0.15, -0.1) is 0 Å². The fourth-order valence-electron chi connectivity index (χ4n) is 10.9. The molecule has 2 aromatic rings. The first-order valence-electron chi connectivity index (χ1n) is 28.0. The average Bonchev–Trinajstić information content (AvgIpc) is 3.65. The largest absolute Gasteiger partial charge is 1.00 e. The molecular weight excluding hydrogens is 934 g/mol. The number of allylic oxidation sites excluding steroid dienone is 6. The Balaban J connectivity index is 0.0000119. The number of benzene rings is 2. The van der Waals surface area contributed by atoms with Crippen LogP contribution in [0.3, 0.4) is 0 Å². The van der Waals surface area contributed by atoms with E-state index in [-0.39, 0.29) is 45.4 Å². The highest BCUT2D eigenvalue weighted by molar-refractivity contribution is 6.03. The second-order valence-corrected chi connectivity index (χ2v) is 21.3. The minimum atomic E-state index is -0.334. The van der Waals surface area contributed by atoms with Crippen molar-refractivity contribution >= 4 is 22.8 Å². The van der Waals surface area contributed by atoms with Crippen LogP contribution in [0.5, 0.6) is 0 Å². The van der Waals surface area contributed by atoms with Crippen molar-refractivity contribution in [2.75, 3.05) is 18.0 Å². The summed E-state index contributed by atoms with van der Waals surface area (Å²) in [7, 11) is 0. The van der Waals surface area contributed by atoms with Crippen LogP contribution in [-0.2, 0) is 10.8 Å². The molecular formula is C61H98IN3O2. The number of para-hydroxylation sites is 1. The van der Waals surface area contributed by atoms with E-state index in [0.717, 1.165) is 30.8 Å². The summed E-state index contributed by atoms with van der Waals surface area (Å²) in [6, 6.07) is 14.5. The topological polar surface area (TPSA) is 49.4 Å². The number of nitro benzene ring substituents is 1. The Labute approximate surface area is 429 Å². The van der Waals surface area contributed by atoms with E-state index in [4.69, 9.17) is 0 Å². The van der Waals surface area contributed by atoms with Crippen molar-refractivity contribution in [3.05, 3.63) is 99.8 Å². The highest BCUT2D eigenvalue weighted by Crippen LogP contribution is 2.49. The lowest BCUT2D eigenvalue weighted by Crippen LogP contribution is -3.00. The predicted molar refractivity (Wildman–Crippen MR) is 288 cm³/mol. The van der Waals surface area contributed by atoms with Crippen LogP contribution in [0.15, 0.2) is 78.5 Å². The molecule has 0 fully saturated rings. The van der Waals surface area contributed by atoms with Crippen LogP contribution in [0.2, 0.25) is 0 Å². The van der Waals surface area contributed by atoms with E-state index in [2.05, 4.69) is 106 Å². The van der Waals surface area contributed by atoms with E-state index in [9.17, 15) is 10.1 Å². The first-order valence-corrected chi connectivity index (χ1v) is 28.0.